The van der Waals surface area contributed by atoms with Crippen molar-refractivity contribution in [2.24, 2.45) is 11.7 Å². The number of nitrogens with two attached hydrogens (primary N) is 1. The second-order valence-corrected chi connectivity index (χ2v) is 4.73. The Hall–Kier alpha value is -0.610. The average molecular weight is 242 g/mol. The fourth-order valence-electron chi connectivity index (χ4n) is 2.33. The molecule has 1 saturated carbocycles. The number of ether oxygens (including phenoxy) is 1. The van der Waals surface area contributed by atoms with Gasteiger partial charge in [-0.15, -0.1) is 0 Å². The topological polar surface area (TPSA) is 55.6 Å². The third-order valence-corrected chi connectivity index (χ3v) is 3.42. The van der Waals surface area contributed by atoms with Crippen molar-refractivity contribution in [3.8, 4) is 0 Å². The zero-order valence-corrected chi connectivity index (χ0v) is 11.2. The van der Waals surface area contributed by atoms with Crippen LogP contribution in [0.4, 0.5) is 0 Å². The van der Waals surface area contributed by atoms with Crippen molar-refractivity contribution < 1.29 is 9.53 Å². The predicted octanol–water partition coefficient (Wildman–Crippen LogP) is 1.39. The third kappa shape index (κ3) is 4.64. The van der Waals surface area contributed by atoms with Crippen LogP contribution in [0.15, 0.2) is 0 Å². The molecule has 0 aromatic carbocycles. The van der Waals surface area contributed by atoms with Gasteiger partial charge in [-0.2, -0.15) is 0 Å². The van der Waals surface area contributed by atoms with E-state index in [0.29, 0.717) is 25.0 Å². The van der Waals surface area contributed by atoms with Gasteiger partial charge in [-0.05, 0) is 45.6 Å². The molecule has 1 aliphatic carbocycles. The van der Waals surface area contributed by atoms with E-state index in [-0.39, 0.29) is 5.91 Å². The molecule has 4 nitrogen and oxygen atoms in total. The Morgan fingerprint density at radius 2 is 2.12 bits per heavy atom. The summed E-state index contributed by atoms with van der Waals surface area (Å²) in [5.41, 5.74) is 5.47. The molecule has 0 atom stereocenters. The van der Waals surface area contributed by atoms with Gasteiger partial charge >= 0.3 is 0 Å². The molecular weight excluding hydrogens is 216 g/mol. The Balaban J connectivity index is 2.20. The zero-order chi connectivity index (χ0) is 12.7. The van der Waals surface area contributed by atoms with Crippen LogP contribution in [-0.4, -0.2) is 43.2 Å². The summed E-state index contributed by atoms with van der Waals surface area (Å²) in [6.45, 7) is 7.07. The Kier molecular flexibility index (Phi) is 6.52. The van der Waals surface area contributed by atoms with E-state index in [2.05, 4.69) is 0 Å². The van der Waals surface area contributed by atoms with E-state index in [9.17, 15) is 4.79 Å². The highest BCUT2D eigenvalue weighted by atomic mass is 16.5. The van der Waals surface area contributed by atoms with E-state index in [1.807, 2.05) is 18.7 Å². The number of carbonyl (C=O) groups excluding carboxylic acids is 1. The lowest BCUT2D eigenvalue weighted by molar-refractivity contribution is -0.134. The van der Waals surface area contributed by atoms with E-state index in [4.69, 9.17) is 10.5 Å². The lowest BCUT2D eigenvalue weighted by Gasteiger charge is -2.35. The maximum atomic E-state index is 12.0. The van der Waals surface area contributed by atoms with E-state index in [1.54, 1.807) is 0 Å². The summed E-state index contributed by atoms with van der Waals surface area (Å²) in [5.74, 6) is 0.812. The highest BCUT2D eigenvalue weighted by molar-refractivity contribution is 5.76. The maximum absolute atomic E-state index is 12.0. The van der Waals surface area contributed by atoms with Crippen molar-refractivity contribution in [2.45, 2.75) is 45.6 Å². The molecule has 100 valence electrons. The average Bonchev–Trinajstić information content (AvgIpc) is 2.27. The summed E-state index contributed by atoms with van der Waals surface area (Å²) in [6.07, 6.45) is 4.08. The van der Waals surface area contributed by atoms with Crippen molar-refractivity contribution in [3.63, 3.8) is 0 Å². The van der Waals surface area contributed by atoms with Gasteiger partial charge in [-0.1, -0.05) is 0 Å². The van der Waals surface area contributed by atoms with Crippen molar-refractivity contribution in [1.29, 1.82) is 0 Å². The van der Waals surface area contributed by atoms with E-state index >= 15 is 0 Å². The van der Waals surface area contributed by atoms with Crippen LogP contribution in [0.25, 0.3) is 0 Å². The highest BCUT2D eigenvalue weighted by Gasteiger charge is 2.31. The number of nitrogens with zero attached hydrogens (tertiary/aromatic N) is 1. The van der Waals surface area contributed by atoms with Crippen LogP contribution >= 0.6 is 0 Å². The molecule has 0 spiro atoms. The van der Waals surface area contributed by atoms with Crippen LogP contribution in [-0.2, 0) is 9.53 Å². The van der Waals surface area contributed by atoms with Crippen LogP contribution in [0.5, 0.6) is 0 Å². The molecule has 1 fully saturated rings. The molecule has 2 N–H and O–H groups in total. The Morgan fingerprint density at radius 1 is 1.41 bits per heavy atom. The standard InChI is InChI=1S/C13H26N2O2/c1-3-15(7-5-6-14)13(16)10-11-8-12(9-11)17-4-2/h11-12H,3-10,14H2,1-2H3. The fourth-order valence-corrected chi connectivity index (χ4v) is 2.33. The number of carbonyl (C=O) groups is 1. The van der Waals surface area contributed by atoms with Gasteiger partial charge in [0.25, 0.3) is 0 Å². The van der Waals surface area contributed by atoms with Crippen LogP contribution in [0.1, 0.15) is 39.5 Å². The Morgan fingerprint density at radius 3 is 2.65 bits per heavy atom. The van der Waals surface area contributed by atoms with Gasteiger partial charge in [0.15, 0.2) is 0 Å². The molecule has 0 aromatic rings. The van der Waals surface area contributed by atoms with E-state index < -0.39 is 0 Å². The molecule has 0 bridgehead atoms. The minimum atomic E-state index is 0.279. The SMILES string of the molecule is CCOC1CC(CC(=O)N(CC)CCCN)C1. The molecule has 1 rings (SSSR count). The van der Waals surface area contributed by atoms with Gasteiger partial charge in [0.1, 0.15) is 0 Å². The first-order valence-corrected chi connectivity index (χ1v) is 6.80. The smallest absolute Gasteiger partial charge is 0.222 e. The van der Waals surface area contributed by atoms with E-state index in [1.165, 1.54) is 0 Å². The van der Waals surface area contributed by atoms with Gasteiger partial charge in [0.2, 0.25) is 5.91 Å². The first kappa shape index (κ1) is 14.5. The summed E-state index contributed by atoms with van der Waals surface area (Å²) in [4.78, 5) is 13.9. The maximum Gasteiger partial charge on any atom is 0.222 e. The van der Waals surface area contributed by atoms with Crippen molar-refractivity contribution in [2.75, 3.05) is 26.2 Å². The summed E-state index contributed by atoms with van der Waals surface area (Å²) in [6, 6.07) is 0. The highest BCUT2D eigenvalue weighted by Crippen LogP contribution is 2.33. The molecule has 0 aliphatic heterocycles. The van der Waals surface area contributed by atoms with Gasteiger partial charge in [0.05, 0.1) is 6.10 Å². The first-order valence-electron chi connectivity index (χ1n) is 6.80. The summed E-state index contributed by atoms with van der Waals surface area (Å²) >= 11 is 0. The molecule has 0 radical (unpaired) electrons. The quantitative estimate of drug-likeness (QED) is 0.700. The Labute approximate surface area is 104 Å². The van der Waals surface area contributed by atoms with Crippen LogP contribution in [0.3, 0.4) is 0 Å². The van der Waals surface area contributed by atoms with Gasteiger partial charge < -0.3 is 15.4 Å². The van der Waals surface area contributed by atoms with Gasteiger partial charge in [0, 0.05) is 26.1 Å². The van der Waals surface area contributed by atoms with Gasteiger partial charge in [-0.3, -0.25) is 4.79 Å². The molecule has 4 heteroatoms. The second-order valence-electron chi connectivity index (χ2n) is 4.73. The molecule has 17 heavy (non-hydrogen) atoms. The summed E-state index contributed by atoms with van der Waals surface area (Å²) in [7, 11) is 0. The number of rotatable bonds is 8. The number of hydrogen-bond acceptors (Lipinski definition) is 3. The largest absolute Gasteiger partial charge is 0.378 e. The van der Waals surface area contributed by atoms with Gasteiger partial charge in [-0.25, -0.2) is 0 Å². The molecular formula is C13H26N2O2. The van der Waals surface area contributed by atoms with Crippen molar-refractivity contribution in [1.82, 2.24) is 4.90 Å². The molecule has 0 unspecified atom stereocenters. The van der Waals surface area contributed by atoms with Crippen LogP contribution < -0.4 is 5.73 Å². The second kappa shape index (κ2) is 7.67. The molecule has 1 aliphatic rings. The monoisotopic (exact) mass is 242 g/mol. The minimum absolute atomic E-state index is 0.279. The summed E-state index contributed by atoms with van der Waals surface area (Å²) < 4.78 is 5.50. The lowest BCUT2D eigenvalue weighted by atomic mass is 9.79. The molecule has 0 heterocycles. The number of amides is 1. The third-order valence-electron chi connectivity index (χ3n) is 3.42. The lowest BCUT2D eigenvalue weighted by Crippen LogP contribution is -2.38. The molecule has 1 amide bonds. The first-order chi connectivity index (χ1) is 8.21. The van der Waals surface area contributed by atoms with Crippen LogP contribution in [0.2, 0.25) is 0 Å². The zero-order valence-electron chi connectivity index (χ0n) is 11.2. The van der Waals surface area contributed by atoms with Crippen molar-refractivity contribution in [3.05, 3.63) is 0 Å². The predicted molar refractivity (Wildman–Crippen MR) is 68.7 cm³/mol. The van der Waals surface area contributed by atoms with Crippen molar-refractivity contribution >= 4 is 5.91 Å². The fraction of sp³-hybridized carbons (Fsp3) is 0.923. The summed E-state index contributed by atoms with van der Waals surface area (Å²) in [5, 5.41) is 0. The molecule has 0 saturated heterocycles. The minimum Gasteiger partial charge on any atom is -0.378 e. The Bertz CT molecular complexity index is 227. The van der Waals surface area contributed by atoms with E-state index in [0.717, 1.165) is 39.0 Å². The van der Waals surface area contributed by atoms with Crippen LogP contribution in [0, 0.1) is 5.92 Å². The number of hydrogen-bond donors (Lipinski definition) is 1. The molecule has 0 aromatic heterocycles. The normalized spacial score (nSPS) is 23.2.